The summed E-state index contributed by atoms with van der Waals surface area (Å²) in [5.41, 5.74) is 18.3. The van der Waals surface area contributed by atoms with Gasteiger partial charge in [-0.3, -0.25) is 0 Å². The highest BCUT2D eigenvalue weighted by Crippen LogP contribution is 2.10. The number of hydrogen-bond donors (Lipinski definition) is 3. The van der Waals surface area contributed by atoms with Crippen LogP contribution in [0.1, 0.15) is 20.8 Å². The maximum atomic E-state index is 6.11. The monoisotopic (exact) mass is 210 g/mol. The van der Waals surface area contributed by atoms with Crippen molar-refractivity contribution in [2.45, 2.75) is 20.8 Å². The highest BCUT2D eigenvalue weighted by atomic mass is 15.4. The van der Waals surface area contributed by atoms with Crippen LogP contribution in [0.25, 0.3) is 0 Å². The zero-order chi connectivity index (χ0) is 11.6. The second-order valence-corrected chi connectivity index (χ2v) is 3.73. The van der Waals surface area contributed by atoms with Crippen molar-refractivity contribution in [3.63, 3.8) is 0 Å². The van der Waals surface area contributed by atoms with Gasteiger partial charge in [-0.1, -0.05) is 20.8 Å². The van der Waals surface area contributed by atoms with E-state index in [1.165, 1.54) is 0 Å². The number of rotatable bonds is 3. The molecule has 0 spiro atoms. The minimum Gasteiger partial charge on any atom is -0.342 e. The molecule has 0 aromatic heterocycles. The van der Waals surface area contributed by atoms with Crippen LogP contribution in [-0.2, 0) is 0 Å². The van der Waals surface area contributed by atoms with Gasteiger partial charge in [-0.15, -0.1) is 0 Å². The summed E-state index contributed by atoms with van der Waals surface area (Å²) < 4.78 is 6.11. The Labute approximate surface area is 93.5 Å². The summed E-state index contributed by atoms with van der Waals surface area (Å²) in [6.07, 6.45) is 0. The summed E-state index contributed by atoms with van der Waals surface area (Å²) in [6.45, 7) is 8.63. The van der Waals surface area contributed by atoms with Crippen LogP contribution < -0.4 is 16.9 Å². The summed E-state index contributed by atoms with van der Waals surface area (Å²) in [5, 5.41) is 0. The molecule has 0 aromatic rings. The lowest BCUT2D eigenvalue weighted by molar-refractivity contribution is 0.449. The van der Waals surface area contributed by atoms with Gasteiger partial charge >= 0.3 is 21.4 Å². The van der Waals surface area contributed by atoms with Crippen LogP contribution in [0.3, 0.4) is 0 Å². The second kappa shape index (κ2) is 5.33. The fourth-order valence-electron chi connectivity index (χ4n) is 2.16. The first-order valence-corrected chi connectivity index (χ1v) is 5.62. The molecule has 15 heavy (non-hydrogen) atoms. The van der Waals surface area contributed by atoms with Crippen LogP contribution in [0, 0.1) is 0 Å². The molecule has 1 aliphatic rings. The van der Waals surface area contributed by atoms with Crippen molar-refractivity contribution >= 4 is 21.4 Å². The van der Waals surface area contributed by atoms with E-state index < -0.39 is 0 Å². The smallest absolute Gasteiger partial charge is 0.342 e. The molecule has 1 heterocycles. The molecule has 1 saturated heterocycles. The van der Waals surface area contributed by atoms with Crippen molar-refractivity contribution < 1.29 is 0 Å². The summed E-state index contributed by atoms with van der Waals surface area (Å²) in [4.78, 5) is 0. The van der Waals surface area contributed by atoms with Crippen molar-refractivity contribution in [1.29, 1.82) is 0 Å². The third kappa shape index (κ3) is 2.22. The number of nitrogens with zero attached hydrogens (tertiary/aromatic N) is 3. The van der Waals surface area contributed by atoms with Crippen LogP contribution >= 0.6 is 0 Å². The quantitative estimate of drug-likeness (QED) is 0.458. The minimum atomic E-state index is -0.187. The molecular formula is C6H21B3N6. The van der Waals surface area contributed by atoms with Gasteiger partial charge in [0.05, 0.1) is 0 Å². The average Bonchev–Trinajstić information content (AvgIpc) is 2.19. The van der Waals surface area contributed by atoms with E-state index >= 15 is 0 Å². The molecule has 0 aromatic carbocycles. The minimum absolute atomic E-state index is 0.187. The van der Waals surface area contributed by atoms with Crippen LogP contribution in [0.5, 0.6) is 0 Å². The average molecular weight is 210 g/mol. The Morgan fingerprint density at radius 2 is 0.867 bits per heavy atom. The molecule has 1 fully saturated rings. The van der Waals surface area contributed by atoms with Gasteiger partial charge in [0.1, 0.15) is 0 Å². The Kier molecular flexibility index (Phi) is 4.63. The van der Waals surface area contributed by atoms with E-state index in [0.717, 1.165) is 19.6 Å². The lowest BCUT2D eigenvalue weighted by Gasteiger charge is -2.48. The summed E-state index contributed by atoms with van der Waals surface area (Å²) in [6, 6.07) is 0. The molecule has 0 unspecified atom stereocenters. The van der Waals surface area contributed by atoms with E-state index in [0.29, 0.717) is 0 Å². The van der Waals surface area contributed by atoms with Gasteiger partial charge in [-0.05, 0) is 19.6 Å². The van der Waals surface area contributed by atoms with Crippen LogP contribution in [0.2, 0.25) is 0 Å². The van der Waals surface area contributed by atoms with Gasteiger partial charge in [0.15, 0.2) is 0 Å². The van der Waals surface area contributed by atoms with E-state index in [-0.39, 0.29) is 21.4 Å². The molecule has 1 rings (SSSR count). The third-order valence-electron chi connectivity index (χ3n) is 3.13. The lowest BCUT2D eigenvalue weighted by Crippen LogP contribution is -2.84. The summed E-state index contributed by atoms with van der Waals surface area (Å²) in [7, 11) is -0.562. The van der Waals surface area contributed by atoms with E-state index in [9.17, 15) is 0 Å². The zero-order valence-electron chi connectivity index (χ0n) is 9.93. The number of hydrogen-bond acceptors (Lipinski definition) is 6. The molecule has 0 saturated carbocycles. The highest BCUT2D eigenvalue weighted by molar-refractivity contribution is 6.83. The third-order valence-corrected chi connectivity index (χ3v) is 3.13. The Bertz CT molecular complexity index is 162. The van der Waals surface area contributed by atoms with E-state index in [1.54, 1.807) is 0 Å². The molecule has 6 N–H and O–H groups in total. The van der Waals surface area contributed by atoms with Gasteiger partial charge < -0.3 is 31.1 Å². The van der Waals surface area contributed by atoms with Gasteiger partial charge in [0, 0.05) is 0 Å². The molecule has 6 nitrogen and oxygen atoms in total. The van der Waals surface area contributed by atoms with Crippen molar-refractivity contribution in [3.8, 4) is 0 Å². The number of nitrogens with two attached hydrogens (primary N) is 3. The molecule has 0 aliphatic carbocycles. The molecule has 9 heteroatoms. The van der Waals surface area contributed by atoms with E-state index in [1.807, 2.05) is 14.2 Å². The van der Waals surface area contributed by atoms with Crippen molar-refractivity contribution in [2.24, 2.45) is 16.9 Å². The Morgan fingerprint density at radius 3 is 1.00 bits per heavy atom. The van der Waals surface area contributed by atoms with E-state index in [2.05, 4.69) is 20.8 Å². The maximum absolute atomic E-state index is 6.11. The maximum Gasteiger partial charge on any atom is 0.379 e. The highest BCUT2D eigenvalue weighted by Gasteiger charge is 2.47. The first-order valence-electron chi connectivity index (χ1n) is 5.62. The van der Waals surface area contributed by atoms with Crippen LogP contribution in [-0.4, -0.2) is 55.2 Å². The fraction of sp³-hybridized carbons (Fsp3) is 1.00. The van der Waals surface area contributed by atoms with Crippen molar-refractivity contribution in [2.75, 3.05) is 19.6 Å². The van der Waals surface area contributed by atoms with Gasteiger partial charge in [-0.2, -0.15) is 0 Å². The Hall–Kier alpha value is -0.0452. The second-order valence-electron chi connectivity index (χ2n) is 3.73. The summed E-state index contributed by atoms with van der Waals surface area (Å²) >= 11 is 0. The predicted molar refractivity (Wildman–Crippen MR) is 67.0 cm³/mol. The van der Waals surface area contributed by atoms with Gasteiger partial charge in [0.25, 0.3) is 0 Å². The fourth-order valence-corrected chi connectivity index (χ4v) is 2.16. The molecule has 0 radical (unpaired) electrons. The molecule has 0 atom stereocenters. The van der Waals surface area contributed by atoms with Gasteiger partial charge in [0.2, 0.25) is 0 Å². The normalized spacial score (nSPS) is 21.6. The Morgan fingerprint density at radius 1 is 0.667 bits per heavy atom. The van der Waals surface area contributed by atoms with Crippen LogP contribution in [0.15, 0.2) is 0 Å². The molecular weight excluding hydrogens is 189 g/mol. The van der Waals surface area contributed by atoms with Crippen molar-refractivity contribution in [1.82, 2.24) is 14.2 Å². The summed E-state index contributed by atoms with van der Waals surface area (Å²) in [5.74, 6) is 0. The SMILES string of the molecule is CCN1B(N)N(CC)B(N)N(CC)B1N. The zero-order valence-corrected chi connectivity index (χ0v) is 9.93. The van der Waals surface area contributed by atoms with Crippen LogP contribution in [0.4, 0.5) is 0 Å². The molecule has 0 amide bonds. The largest absolute Gasteiger partial charge is 0.379 e. The lowest BCUT2D eigenvalue weighted by atomic mass is 9.57. The topological polar surface area (TPSA) is 87.8 Å². The molecule has 84 valence electrons. The Balaban J connectivity index is 2.87. The van der Waals surface area contributed by atoms with Gasteiger partial charge in [-0.25, -0.2) is 0 Å². The van der Waals surface area contributed by atoms with Crippen molar-refractivity contribution in [3.05, 3.63) is 0 Å². The standard InChI is InChI=1S/C6H21B3N6/c1-4-13-7(10)14(5-2)9(12)15(6-3)8(13)11/h4-6,10-12H2,1-3H3. The molecule has 0 bridgehead atoms. The molecule has 1 aliphatic heterocycles. The first kappa shape index (κ1) is 13.0. The predicted octanol–water partition coefficient (Wildman–Crippen LogP) is -2.20. The van der Waals surface area contributed by atoms with E-state index in [4.69, 9.17) is 16.9 Å². The first-order chi connectivity index (χ1) is 7.08.